The first-order valence-electron chi connectivity index (χ1n) is 7.75. The molecule has 1 aliphatic heterocycles. The number of guanidine groups is 1. The molecular formula is C16H22IN5O2. The number of ether oxygens (including phenoxy) is 1. The zero-order chi connectivity index (χ0) is 16.1. The van der Waals surface area contributed by atoms with E-state index >= 15 is 0 Å². The standard InChI is InChI=1S/C16H21N5O2.HI/c1-12(11-18-16(17)21-7-9-22-10-8-21)15-19-14(20-23-15)13-5-3-2-4-6-13;/h2-6,12H,7-11H2,1H3,(H2,17,18);1H. The summed E-state index contributed by atoms with van der Waals surface area (Å²) in [4.78, 5) is 10.9. The van der Waals surface area contributed by atoms with E-state index in [0.29, 0.717) is 37.4 Å². The van der Waals surface area contributed by atoms with E-state index in [9.17, 15) is 0 Å². The fourth-order valence-corrected chi connectivity index (χ4v) is 2.34. The van der Waals surface area contributed by atoms with Gasteiger partial charge in [-0.15, -0.1) is 24.0 Å². The summed E-state index contributed by atoms with van der Waals surface area (Å²) >= 11 is 0. The van der Waals surface area contributed by atoms with E-state index < -0.39 is 0 Å². The van der Waals surface area contributed by atoms with E-state index in [4.69, 9.17) is 15.0 Å². The minimum Gasteiger partial charge on any atom is -0.378 e. The molecule has 1 aliphatic rings. The third-order valence-corrected chi connectivity index (χ3v) is 3.76. The van der Waals surface area contributed by atoms with Crippen LogP contribution in [0.2, 0.25) is 0 Å². The molecule has 1 saturated heterocycles. The Morgan fingerprint density at radius 3 is 2.71 bits per heavy atom. The SMILES string of the molecule is CC(CN=C(N)N1CCOCC1)c1nc(-c2ccccc2)no1.I. The second kappa shape index (κ2) is 8.97. The molecule has 2 N–H and O–H groups in total. The van der Waals surface area contributed by atoms with Gasteiger partial charge in [0, 0.05) is 18.7 Å². The summed E-state index contributed by atoms with van der Waals surface area (Å²) in [7, 11) is 0. The van der Waals surface area contributed by atoms with Crippen molar-refractivity contribution in [1.82, 2.24) is 15.0 Å². The van der Waals surface area contributed by atoms with Crippen LogP contribution in [0, 0.1) is 0 Å². The summed E-state index contributed by atoms with van der Waals surface area (Å²) in [5.74, 6) is 1.72. The van der Waals surface area contributed by atoms with Gasteiger partial charge in [0.15, 0.2) is 5.96 Å². The highest BCUT2D eigenvalue weighted by Crippen LogP contribution is 2.19. The fraction of sp³-hybridized carbons (Fsp3) is 0.438. The molecule has 7 nitrogen and oxygen atoms in total. The summed E-state index contributed by atoms with van der Waals surface area (Å²) in [5, 5.41) is 4.03. The molecule has 0 aliphatic carbocycles. The third-order valence-electron chi connectivity index (χ3n) is 3.76. The minimum absolute atomic E-state index is 0. The molecule has 8 heteroatoms. The number of halogens is 1. The van der Waals surface area contributed by atoms with Gasteiger partial charge in [-0.2, -0.15) is 4.98 Å². The van der Waals surface area contributed by atoms with Gasteiger partial charge in [-0.3, -0.25) is 4.99 Å². The number of hydrogen-bond donors (Lipinski definition) is 1. The van der Waals surface area contributed by atoms with Gasteiger partial charge in [-0.1, -0.05) is 42.4 Å². The number of morpholine rings is 1. The van der Waals surface area contributed by atoms with E-state index in [1.807, 2.05) is 42.2 Å². The maximum Gasteiger partial charge on any atom is 0.231 e. The first-order chi connectivity index (χ1) is 11.2. The quantitative estimate of drug-likeness (QED) is 0.443. The molecule has 1 aromatic heterocycles. The lowest BCUT2D eigenvalue weighted by Gasteiger charge is -2.27. The molecule has 3 rings (SSSR count). The van der Waals surface area contributed by atoms with Crippen LogP contribution in [0.1, 0.15) is 18.7 Å². The summed E-state index contributed by atoms with van der Waals surface area (Å²) in [6.45, 7) is 5.45. The molecule has 1 unspecified atom stereocenters. The average Bonchev–Trinajstić information content (AvgIpc) is 3.11. The third kappa shape index (κ3) is 4.67. The highest BCUT2D eigenvalue weighted by atomic mass is 127. The molecule has 0 saturated carbocycles. The summed E-state index contributed by atoms with van der Waals surface area (Å²) in [5.41, 5.74) is 6.96. The van der Waals surface area contributed by atoms with Crippen LogP contribution in [-0.4, -0.2) is 53.8 Å². The maximum absolute atomic E-state index is 6.02. The van der Waals surface area contributed by atoms with Crippen molar-refractivity contribution < 1.29 is 9.26 Å². The predicted molar refractivity (Wildman–Crippen MR) is 102 cm³/mol. The van der Waals surface area contributed by atoms with Crippen LogP contribution in [0.5, 0.6) is 0 Å². The van der Waals surface area contributed by atoms with Gasteiger partial charge < -0.3 is 19.9 Å². The molecule has 0 spiro atoms. The van der Waals surface area contributed by atoms with E-state index in [2.05, 4.69) is 15.1 Å². The molecule has 2 heterocycles. The Balaban J connectivity index is 0.00000208. The molecule has 24 heavy (non-hydrogen) atoms. The van der Waals surface area contributed by atoms with Crippen LogP contribution >= 0.6 is 24.0 Å². The van der Waals surface area contributed by atoms with Crippen molar-refractivity contribution in [1.29, 1.82) is 0 Å². The second-order valence-electron chi connectivity index (χ2n) is 5.52. The van der Waals surface area contributed by atoms with Crippen molar-refractivity contribution in [3.63, 3.8) is 0 Å². The lowest BCUT2D eigenvalue weighted by molar-refractivity contribution is 0.0674. The highest BCUT2D eigenvalue weighted by molar-refractivity contribution is 14.0. The van der Waals surface area contributed by atoms with Crippen LogP contribution in [0.4, 0.5) is 0 Å². The Hall–Kier alpha value is -1.68. The molecule has 0 bridgehead atoms. The maximum atomic E-state index is 6.02. The van der Waals surface area contributed by atoms with Crippen molar-refractivity contribution in [2.45, 2.75) is 12.8 Å². The number of rotatable bonds is 4. The topological polar surface area (TPSA) is 89.8 Å². The number of hydrogen-bond acceptors (Lipinski definition) is 5. The van der Waals surface area contributed by atoms with Gasteiger partial charge in [0.25, 0.3) is 0 Å². The van der Waals surface area contributed by atoms with Crippen LogP contribution in [0.15, 0.2) is 39.8 Å². The van der Waals surface area contributed by atoms with E-state index in [1.54, 1.807) is 0 Å². The second-order valence-corrected chi connectivity index (χ2v) is 5.52. The van der Waals surface area contributed by atoms with Crippen LogP contribution in [-0.2, 0) is 4.74 Å². The Kier molecular flexibility index (Phi) is 6.98. The van der Waals surface area contributed by atoms with Crippen LogP contribution in [0.25, 0.3) is 11.4 Å². The molecule has 1 atom stereocenters. The number of nitrogens with zero attached hydrogens (tertiary/aromatic N) is 4. The molecule has 2 aromatic rings. The van der Waals surface area contributed by atoms with Crippen molar-refractivity contribution in [3.05, 3.63) is 36.2 Å². The molecule has 0 radical (unpaired) electrons. The zero-order valence-corrected chi connectivity index (χ0v) is 15.9. The lowest BCUT2D eigenvalue weighted by Crippen LogP contribution is -2.45. The molecule has 1 fully saturated rings. The van der Waals surface area contributed by atoms with Gasteiger partial charge in [0.2, 0.25) is 11.7 Å². The average molecular weight is 443 g/mol. The van der Waals surface area contributed by atoms with Crippen molar-refractivity contribution in [2.75, 3.05) is 32.8 Å². The highest BCUT2D eigenvalue weighted by Gasteiger charge is 2.16. The number of benzene rings is 1. The summed E-state index contributed by atoms with van der Waals surface area (Å²) < 4.78 is 10.7. The minimum atomic E-state index is 0. The number of aliphatic imine (C=N–C) groups is 1. The molecule has 130 valence electrons. The Labute approximate surface area is 158 Å². The number of nitrogens with two attached hydrogens (primary N) is 1. The zero-order valence-electron chi connectivity index (χ0n) is 13.6. The molecule has 1 aromatic carbocycles. The van der Waals surface area contributed by atoms with Gasteiger partial charge in [-0.25, -0.2) is 0 Å². The molecular weight excluding hydrogens is 421 g/mol. The van der Waals surface area contributed by atoms with Gasteiger partial charge >= 0.3 is 0 Å². The van der Waals surface area contributed by atoms with Crippen LogP contribution in [0.3, 0.4) is 0 Å². The van der Waals surface area contributed by atoms with Crippen molar-refractivity contribution in [3.8, 4) is 11.4 Å². The van der Waals surface area contributed by atoms with Crippen molar-refractivity contribution in [2.24, 2.45) is 10.7 Å². The summed E-state index contributed by atoms with van der Waals surface area (Å²) in [6, 6.07) is 9.75. The van der Waals surface area contributed by atoms with E-state index in [-0.39, 0.29) is 29.9 Å². The normalized spacial score (nSPS) is 16.5. The Morgan fingerprint density at radius 1 is 1.29 bits per heavy atom. The van der Waals surface area contributed by atoms with Gasteiger partial charge in [-0.05, 0) is 0 Å². The van der Waals surface area contributed by atoms with Crippen molar-refractivity contribution >= 4 is 29.9 Å². The van der Waals surface area contributed by atoms with Gasteiger partial charge in [0.05, 0.1) is 25.7 Å². The monoisotopic (exact) mass is 443 g/mol. The Morgan fingerprint density at radius 2 is 2.00 bits per heavy atom. The first-order valence-corrected chi connectivity index (χ1v) is 7.75. The number of aromatic nitrogens is 2. The molecule has 0 amide bonds. The lowest BCUT2D eigenvalue weighted by atomic mass is 10.2. The summed E-state index contributed by atoms with van der Waals surface area (Å²) in [6.07, 6.45) is 0. The van der Waals surface area contributed by atoms with E-state index in [0.717, 1.165) is 18.7 Å². The largest absolute Gasteiger partial charge is 0.378 e. The predicted octanol–water partition coefficient (Wildman–Crippen LogP) is 2.11. The van der Waals surface area contributed by atoms with Gasteiger partial charge in [0.1, 0.15) is 0 Å². The van der Waals surface area contributed by atoms with Crippen LogP contribution < -0.4 is 5.73 Å². The first kappa shape index (κ1) is 18.7. The Bertz CT molecular complexity index is 655. The fourth-order valence-electron chi connectivity index (χ4n) is 2.34. The smallest absolute Gasteiger partial charge is 0.231 e. The van der Waals surface area contributed by atoms with E-state index in [1.165, 1.54) is 0 Å².